The predicted octanol–water partition coefficient (Wildman–Crippen LogP) is 1.15. The zero-order valence-electron chi connectivity index (χ0n) is 10.7. The smallest absolute Gasteiger partial charge is 0.319 e. The van der Waals surface area contributed by atoms with Crippen LogP contribution in [0.1, 0.15) is 18.4 Å². The molecule has 18 heavy (non-hydrogen) atoms. The molecule has 0 atom stereocenters. The molecule has 0 aliphatic heterocycles. The fourth-order valence-corrected chi connectivity index (χ4v) is 2.29. The normalized spacial score (nSPS) is 22.6. The van der Waals surface area contributed by atoms with Gasteiger partial charge in [0.15, 0.2) is 0 Å². The lowest BCUT2D eigenvalue weighted by Crippen LogP contribution is -2.51. The van der Waals surface area contributed by atoms with Crippen LogP contribution >= 0.6 is 0 Å². The average molecular weight is 248 g/mol. The fourth-order valence-electron chi connectivity index (χ4n) is 2.29. The van der Waals surface area contributed by atoms with Gasteiger partial charge in [-0.15, -0.1) is 0 Å². The molecule has 1 aromatic carbocycles. The molecule has 4 heteroatoms. The van der Waals surface area contributed by atoms with E-state index in [2.05, 4.69) is 17.0 Å². The first-order valence-electron chi connectivity index (χ1n) is 6.29. The van der Waals surface area contributed by atoms with Gasteiger partial charge in [-0.2, -0.15) is 0 Å². The lowest BCUT2D eigenvalue weighted by Gasteiger charge is -2.40. The van der Waals surface area contributed by atoms with Crippen LogP contribution < -0.4 is 5.73 Å². The molecular weight excluding hydrogens is 228 g/mol. The van der Waals surface area contributed by atoms with Crippen molar-refractivity contribution in [1.82, 2.24) is 4.90 Å². The van der Waals surface area contributed by atoms with Crippen molar-refractivity contribution in [1.29, 1.82) is 0 Å². The summed E-state index contributed by atoms with van der Waals surface area (Å²) in [7, 11) is 1.43. The molecule has 2 rings (SSSR count). The Balaban J connectivity index is 1.98. The lowest BCUT2D eigenvalue weighted by atomic mass is 9.86. The summed E-state index contributed by atoms with van der Waals surface area (Å²) < 4.78 is 4.75. The van der Waals surface area contributed by atoms with Gasteiger partial charge in [-0.1, -0.05) is 30.3 Å². The average Bonchev–Trinajstić information content (AvgIpc) is 2.35. The minimum atomic E-state index is -0.189. The first-order chi connectivity index (χ1) is 8.69. The third kappa shape index (κ3) is 3.31. The van der Waals surface area contributed by atoms with Gasteiger partial charge in [0, 0.05) is 18.6 Å². The number of hydrogen-bond donors (Lipinski definition) is 1. The van der Waals surface area contributed by atoms with E-state index in [1.165, 1.54) is 12.7 Å². The van der Waals surface area contributed by atoms with Gasteiger partial charge in [-0.25, -0.2) is 0 Å². The van der Waals surface area contributed by atoms with Gasteiger partial charge >= 0.3 is 5.97 Å². The van der Waals surface area contributed by atoms with Crippen LogP contribution in [0.4, 0.5) is 0 Å². The lowest BCUT2D eigenvalue weighted by molar-refractivity contribution is -0.143. The molecule has 1 aliphatic rings. The van der Waals surface area contributed by atoms with Crippen LogP contribution in [-0.4, -0.2) is 36.6 Å². The Morgan fingerprint density at radius 2 is 2.06 bits per heavy atom. The highest BCUT2D eigenvalue weighted by Crippen LogP contribution is 2.25. The van der Waals surface area contributed by atoms with Crippen LogP contribution in [0, 0.1) is 0 Å². The number of nitrogens with zero attached hydrogens (tertiary/aromatic N) is 1. The van der Waals surface area contributed by atoms with E-state index >= 15 is 0 Å². The molecule has 1 fully saturated rings. The number of carbonyl (C=O) groups is 1. The number of benzene rings is 1. The number of hydrogen-bond acceptors (Lipinski definition) is 4. The second-order valence-corrected chi connectivity index (χ2v) is 4.85. The highest BCUT2D eigenvalue weighted by molar-refractivity contribution is 5.71. The Bertz CT molecular complexity index is 388. The second kappa shape index (κ2) is 5.98. The van der Waals surface area contributed by atoms with Crippen LogP contribution in [0.3, 0.4) is 0 Å². The molecule has 0 amide bonds. The van der Waals surface area contributed by atoms with Gasteiger partial charge in [-0.05, 0) is 18.4 Å². The number of nitrogens with two attached hydrogens (primary N) is 1. The molecule has 1 aromatic rings. The molecular formula is C14H20N2O2. The van der Waals surface area contributed by atoms with E-state index in [4.69, 9.17) is 10.5 Å². The van der Waals surface area contributed by atoms with Crippen LogP contribution in [0.5, 0.6) is 0 Å². The fraction of sp³-hybridized carbons (Fsp3) is 0.500. The maximum absolute atomic E-state index is 11.4. The molecule has 0 unspecified atom stereocenters. The van der Waals surface area contributed by atoms with Gasteiger partial charge in [0.25, 0.3) is 0 Å². The Morgan fingerprint density at radius 1 is 1.39 bits per heavy atom. The van der Waals surface area contributed by atoms with Gasteiger partial charge in [0.1, 0.15) is 0 Å². The van der Waals surface area contributed by atoms with Crippen molar-refractivity contribution in [3.63, 3.8) is 0 Å². The zero-order valence-corrected chi connectivity index (χ0v) is 10.7. The van der Waals surface area contributed by atoms with Crippen molar-refractivity contribution in [2.45, 2.75) is 31.5 Å². The molecule has 4 nitrogen and oxygen atoms in total. The van der Waals surface area contributed by atoms with E-state index in [0.29, 0.717) is 12.6 Å². The minimum Gasteiger partial charge on any atom is -0.468 e. The minimum absolute atomic E-state index is 0.189. The Morgan fingerprint density at radius 3 is 2.61 bits per heavy atom. The van der Waals surface area contributed by atoms with Crippen molar-refractivity contribution < 1.29 is 9.53 Å². The largest absolute Gasteiger partial charge is 0.468 e. The Hall–Kier alpha value is -1.39. The third-order valence-electron chi connectivity index (χ3n) is 3.45. The maximum Gasteiger partial charge on any atom is 0.319 e. The Labute approximate surface area is 108 Å². The molecule has 0 spiro atoms. The number of carbonyl (C=O) groups excluding carboxylic acids is 1. The SMILES string of the molecule is COC(=O)CN(Cc1ccccc1)C1CC(N)C1. The highest BCUT2D eigenvalue weighted by atomic mass is 16.5. The summed E-state index contributed by atoms with van der Waals surface area (Å²) in [5.41, 5.74) is 7.03. The van der Waals surface area contributed by atoms with Crippen molar-refractivity contribution >= 4 is 5.97 Å². The van der Waals surface area contributed by atoms with E-state index in [1.54, 1.807) is 0 Å². The van der Waals surface area contributed by atoms with Gasteiger partial charge in [0.2, 0.25) is 0 Å². The molecule has 1 aliphatic carbocycles. The van der Waals surface area contributed by atoms with E-state index < -0.39 is 0 Å². The first-order valence-corrected chi connectivity index (χ1v) is 6.29. The predicted molar refractivity (Wildman–Crippen MR) is 69.9 cm³/mol. The topological polar surface area (TPSA) is 55.6 Å². The standard InChI is InChI=1S/C14H20N2O2/c1-18-14(17)10-16(13-7-12(15)8-13)9-11-5-3-2-4-6-11/h2-6,12-13H,7-10,15H2,1H3. The highest BCUT2D eigenvalue weighted by Gasteiger charge is 2.32. The maximum atomic E-state index is 11.4. The van der Waals surface area contributed by atoms with Crippen LogP contribution in [0.2, 0.25) is 0 Å². The van der Waals surface area contributed by atoms with Crippen molar-refractivity contribution in [2.75, 3.05) is 13.7 Å². The first kappa shape index (κ1) is 13.1. The van der Waals surface area contributed by atoms with Crippen LogP contribution in [0.25, 0.3) is 0 Å². The number of esters is 1. The summed E-state index contributed by atoms with van der Waals surface area (Å²) in [6, 6.07) is 10.8. The van der Waals surface area contributed by atoms with E-state index in [-0.39, 0.29) is 12.0 Å². The molecule has 0 bridgehead atoms. The Kier molecular flexibility index (Phi) is 4.33. The van der Waals surface area contributed by atoms with Crippen LogP contribution in [0.15, 0.2) is 30.3 Å². The summed E-state index contributed by atoms with van der Waals surface area (Å²) >= 11 is 0. The molecule has 98 valence electrons. The number of methoxy groups -OCH3 is 1. The van der Waals surface area contributed by atoms with Crippen molar-refractivity contribution in [3.05, 3.63) is 35.9 Å². The summed E-state index contributed by atoms with van der Waals surface area (Å²) in [6.07, 6.45) is 1.92. The summed E-state index contributed by atoms with van der Waals surface area (Å²) in [6.45, 7) is 1.11. The van der Waals surface area contributed by atoms with Crippen molar-refractivity contribution in [2.24, 2.45) is 5.73 Å². The molecule has 0 heterocycles. The summed E-state index contributed by atoms with van der Waals surface area (Å²) in [4.78, 5) is 13.6. The summed E-state index contributed by atoms with van der Waals surface area (Å²) in [5.74, 6) is -0.189. The molecule has 1 saturated carbocycles. The monoisotopic (exact) mass is 248 g/mol. The van der Waals surface area contributed by atoms with Crippen LogP contribution in [-0.2, 0) is 16.1 Å². The third-order valence-corrected chi connectivity index (χ3v) is 3.45. The van der Waals surface area contributed by atoms with Crippen molar-refractivity contribution in [3.8, 4) is 0 Å². The van der Waals surface area contributed by atoms with E-state index in [0.717, 1.165) is 19.4 Å². The van der Waals surface area contributed by atoms with Gasteiger partial charge in [0.05, 0.1) is 13.7 Å². The number of rotatable bonds is 5. The van der Waals surface area contributed by atoms with Gasteiger partial charge < -0.3 is 10.5 Å². The quantitative estimate of drug-likeness (QED) is 0.794. The molecule has 0 aromatic heterocycles. The second-order valence-electron chi connectivity index (χ2n) is 4.85. The molecule has 0 saturated heterocycles. The van der Waals surface area contributed by atoms with E-state index in [9.17, 15) is 4.79 Å². The molecule has 2 N–H and O–H groups in total. The number of ether oxygens (including phenoxy) is 1. The zero-order chi connectivity index (χ0) is 13.0. The summed E-state index contributed by atoms with van der Waals surface area (Å²) in [5, 5.41) is 0. The van der Waals surface area contributed by atoms with E-state index in [1.807, 2.05) is 18.2 Å². The van der Waals surface area contributed by atoms with Gasteiger partial charge in [-0.3, -0.25) is 9.69 Å². The molecule has 0 radical (unpaired) electrons.